The molecule has 6 aromatic carbocycles. The predicted octanol–water partition coefficient (Wildman–Crippen LogP) is 15.8. The van der Waals surface area contributed by atoms with Crippen molar-refractivity contribution in [2.24, 2.45) is 0 Å². The fourth-order valence-corrected chi connectivity index (χ4v) is 9.02. The van der Waals surface area contributed by atoms with Gasteiger partial charge in [-0.3, -0.25) is 15.0 Å². The average molecular weight is 905 g/mol. The Bertz CT molecular complexity index is 4200. The number of fused-ring (bicyclic) bond motifs is 3. The van der Waals surface area contributed by atoms with Crippen molar-refractivity contribution in [3.8, 4) is 44.9 Å². The lowest BCUT2D eigenvalue weighted by Gasteiger charge is -2.28. The quantitative estimate of drug-likeness (QED) is 0.109. The van der Waals surface area contributed by atoms with Crippen molar-refractivity contribution in [3.05, 3.63) is 233 Å². The fourth-order valence-electron chi connectivity index (χ4n) is 9.02. The topological polar surface area (TPSA) is 51.8 Å². The molecule has 10 aromatic rings. The molecule has 1 fully saturated rings. The largest absolute Gasteiger partial charge is 0.455 e. The Labute approximate surface area is 422 Å². The monoisotopic (exact) mass is 905 g/mol. The van der Waals surface area contributed by atoms with E-state index in [2.05, 4.69) is 15.0 Å². The zero-order valence-electron chi connectivity index (χ0n) is 54.0. The number of hydrogen-bond donors (Lipinski definition) is 0. The molecule has 0 aliphatic heterocycles. The highest BCUT2D eigenvalue weighted by molar-refractivity contribution is 6.10. The lowest BCUT2D eigenvalue weighted by Crippen LogP contribution is -2.20. The molecule has 4 aromatic heterocycles. The molecule has 334 valence electrons. The van der Waals surface area contributed by atoms with Crippen molar-refractivity contribution in [3.63, 3.8) is 0 Å². The lowest BCUT2D eigenvalue weighted by molar-refractivity contribution is 0.485. The third kappa shape index (κ3) is 9.01. The van der Waals surface area contributed by atoms with Crippen molar-refractivity contribution in [2.75, 3.05) is 0 Å². The molecular weight excluding hydrogens is 834 g/mol. The summed E-state index contributed by atoms with van der Waals surface area (Å²) in [5.74, 6) is -0.904. The SMILES string of the molecule is [2H]c1c([2H])c([2H])c(-c2ccc3oc4c(-c5ccc(C([2H])([2H])C([2H])([2H])c6cc(C([2H])([2H])C([2H])([2H])c7ccc(-c8ccccc8)nc7)cc(C([2H])([2H])C([2H])([2H])c7cnc(-c8ccccc8)cc7C7(C)CCCC7)c6)cn5)cccc4c3c2F)c([2H])c1[2H]. The van der Waals surface area contributed by atoms with Crippen molar-refractivity contribution >= 4 is 21.9 Å². The zero-order valence-corrected chi connectivity index (χ0v) is 37.0. The molecule has 4 heterocycles. The maximum atomic E-state index is 16.7. The number of rotatable bonds is 14. The summed E-state index contributed by atoms with van der Waals surface area (Å²) >= 11 is 0. The minimum absolute atomic E-state index is 0.0439. The predicted molar refractivity (Wildman–Crippen MR) is 276 cm³/mol. The first-order chi connectivity index (χ1) is 40.0. The number of pyridine rings is 3. The third-order valence-electron chi connectivity index (χ3n) is 12.5. The van der Waals surface area contributed by atoms with Crippen LogP contribution in [0, 0.1) is 5.82 Å². The Balaban J connectivity index is 1.01. The summed E-state index contributed by atoms with van der Waals surface area (Å²) in [6.45, 7) is 2.00. The Morgan fingerprint density at radius 1 is 0.544 bits per heavy atom. The van der Waals surface area contributed by atoms with Crippen LogP contribution in [0.1, 0.15) is 94.9 Å². The van der Waals surface area contributed by atoms with E-state index in [0.717, 1.165) is 48.4 Å². The number of hydrogen-bond acceptors (Lipinski definition) is 4. The molecule has 4 nitrogen and oxygen atoms in total. The first-order valence-electron chi connectivity index (χ1n) is 31.0. The minimum atomic E-state index is -3.22. The van der Waals surface area contributed by atoms with Gasteiger partial charge in [-0.2, -0.15) is 0 Å². The zero-order chi connectivity index (χ0) is 61.0. The highest BCUT2D eigenvalue weighted by Gasteiger charge is 2.33. The van der Waals surface area contributed by atoms with E-state index in [1.165, 1.54) is 48.8 Å². The highest BCUT2D eigenvalue weighted by atomic mass is 19.1. The van der Waals surface area contributed by atoms with Gasteiger partial charge in [-0.25, -0.2) is 4.39 Å². The summed E-state index contributed by atoms with van der Waals surface area (Å²) < 4.78 is 180. The number of para-hydroxylation sites is 1. The van der Waals surface area contributed by atoms with E-state index in [-0.39, 0.29) is 55.4 Å². The Hall–Kier alpha value is -7.50. The van der Waals surface area contributed by atoms with Crippen LogP contribution >= 0.6 is 0 Å². The Kier molecular flexibility index (Phi) is 7.82. The summed E-state index contributed by atoms with van der Waals surface area (Å²) in [5, 5.41) is 0.198. The summed E-state index contributed by atoms with van der Waals surface area (Å²) in [5.41, 5.74) is 0.0344. The second-order valence-corrected chi connectivity index (χ2v) is 17.1. The molecule has 0 radical (unpaired) electrons. The smallest absolute Gasteiger partial charge is 0.144 e. The molecule has 11 rings (SSSR count). The maximum absolute atomic E-state index is 16.7. The number of aryl methyl sites for hydroxylation is 6. The van der Waals surface area contributed by atoms with Gasteiger partial charge in [-0.15, -0.1) is 0 Å². The molecule has 1 saturated carbocycles. The van der Waals surface area contributed by atoms with Gasteiger partial charge in [-0.05, 0) is 137 Å². The molecule has 0 N–H and O–H groups in total. The van der Waals surface area contributed by atoms with Crippen LogP contribution in [0.5, 0.6) is 0 Å². The van der Waals surface area contributed by atoms with Crippen LogP contribution in [-0.2, 0) is 43.7 Å². The summed E-state index contributed by atoms with van der Waals surface area (Å²) in [6, 6.07) is 32.9. The van der Waals surface area contributed by atoms with Crippen molar-refractivity contribution in [1.82, 2.24) is 15.0 Å². The van der Waals surface area contributed by atoms with Crippen molar-refractivity contribution < 1.29 is 32.1 Å². The molecule has 5 heteroatoms. The van der Waals surface area contributed by atoms with Crippen LogP contribution in [0.3, 0.4) is 0 Å². The van der Waals surface area contributed by atoms with Gasteiger partial charge in [0.05, 0.1) is 29.3 Å². The van der Waals surface area contributed by atoms with E-state index >= 15 is 4.39 Å². The Morgan fingerprint density at radius 3 is 1.76 bits per heavy atom. The van der Waals surface area contributed by atoms with E-state index in [9.17, 15) is 16.4 Å². The summed E-state index contributed by atoms with van der Waals surface area (Å²) in [6.07, 6.45) is -11.9. The lowest BCUT2D eigenvalue weighted by atomic mass is 9.77. The maximum Gasteiger partial charge on any atom is 0.144 e. The van der Waals surface area contributed by atoms with Gasteiger partial charge >= 0.3 is 0 Å². The average Bonchev–Trinajstić information content (AvgIpc) is 1.92. The van der Waals surface area contributed by atoms with Crippen LogP contribution in [0.25, 0.3) is 66.8 Å². The minimum Gasteiger partial charge on any atom is -0.455 e. The number of halogens is 1. The molecular formula is C63H54FN3O. The molecule has 0 atom stereocenters. The fraction of sp³-hybridized carbons (Fsp3) is 0.190. The molecule has 0 amide bonds. The standard InChI is InChI=1S/C63H54FN3O/c1-63(34-11-12-35-63)55-39-58(50-18-9-4-10-19-50)67-42-51(55)29-26-47-37-45(24-22-43-27-31-56(65-40-43)49-16-7-3-8-17-49)36-46(38-47)25-23-44-28-32-57(66-41-44)53-20-13-21-54-60-59(68-62(53)54)33-30-52(61(60)64)48-14-5-2-6-15-48/h2-10,13-21,27-28,30-33,36-42H,11-12,22-26,29,34-35H2,1H3/i2D,5D,6D,14D,15D,22D2,23D2,24D2,25D2,26D2,29D2. The van der Waals surface area contributed by atoms with Gasteiger partial charge < -0.3 is 4.42 Å². The Morgan fingerprint density at radius 2 is 1.13 bits per heavy atom. The number of nitrogens with zero attached hydrogens (tertiary/aromatic N) is 3. The molecule has 0 saturated heterocycles. The van der Waals surface area contributed by atoms with E-state index in [1.54, 1.807) is 48.5 Å². The van der Waals surface area contributed by atoms with E-state index < -0.39 is 96.4 Å². The van der Waals surface area contributed by atoms with E-state index in [1.807, 2.05) is 43.3 Å². The van der Waals surface area contributed by atoms with Gasteiger partial charge in [-0.1, -0.05) is 153 Å². The number of benzene rings is 6. The van der Waals surface area contributed by atoms with Gasteiger partial charge in [0.25, 0.3) is 0 Å². The second-order valence-electron chi connectivity index (χ2n) is 17.1. The van der Waals surface area contributed by atoms with Crippen LogP contribution in [-0.4, -0.2) is 15.0 Å². The number of aromatic nitrogens is 3. The third-order valence-corrected chi connectivity index (χ3v) is 12.5. The molecule has 0 bridgehead atoms. The van der Waals surface area contributed by atoms with Crippen molar-refractivity contribution in [2.45, 2.75) is 76.3 Å². The summed E-state index contributed by atoms with van der Waals surface area (Å²) in [7, 11) is 0. The van der Waals surface area contributed by atoms with Crippen LogP contribution in [0.2, 0.25) is 0 Å². The molecule has 0 spiro atoms. The van der Waals surface area contributed by atoms with Crippen LogP contribution in [0.4, 0.5) is 4.39 Å². The molecule has 1 aliphatic carbocycles. The first kappa shape index (κ1) is 28.0. The van der Waals surface area contributed by atoms with Gasteiger partial charge in [0.15, 0.2) is 0 Å². The van der Waals surface area contributed by atoms with Crippen LogP contribution in [0.15, 0.2) is 193 Å². The van der Waals surface area contributed by atoms with Gasteiger partial charge in [0.1, 0.15) is 17.0 Å². The molecule has 0 unspecified atom stereocenters. The van der Waals surface area contributed by atoms with Gasteiger partial charge in [0.2, 0.25) is 0 Å². The second kappa shape index (κ2) is 19.0. The van der Waals surface area contributed by atoms with Gasteiger partial charge in [0, 0.05) is 62.7 Å². The van der Waals surface area contributed by atoms with E-state index in [0.29, 0.717) is 35.4 Å². The first-order valence-corrected chi connectivity index (χ1v) is 22.5. The highest BCUT2D eigenvalue weighted by Crippen LogP contribution is 2.44. The van der Waals surface area contributed by atoms with Crippen molar-refractivity contribution in [1.29, 1.82) is 0 Å². The molecule has 68 heavy (non-hydrogen) atoms. The number of furan rings is 1. The van der Waals surface area contributed by atoms with E-state index in [4.69, 9.17) is 11.3 Å². The summed E-state index contributed by atoms with van der Waals surface area (Å²) in [4.78, 5) is 13.6. The molecule has 1 aliphatic rings. The van der Waals surface area contributed by atoms with Crippen LogP contribution < -0.4 is 0 Å². The normalized spacial score (nSPS) is 18.3.